The molecule has 0 atom stereocenters. The van der Waals surface area contributed by atoms with E-state index in [0.717, 1.165) is 22.0 Å². The molecule has 1 aliphatic heterocycles. The van der Waals surface area contributed by atoms with E-state index in [-0.39, 0.29) is 18.3 Å². The largest absolute Gasteiger partial charge is 0.495 e. The van der Waals surface area contributed by atoms with Crippen LogP contribution in [0.3, 0.4) is 0 Å². The van der Waals surface area contributed by atoms with E-state index < -0.39 is 0 Å². The summed E-state index contributed by atoms with van der Waals surface area (Å²) >= 11 is 0. The van der Waals surface area contributed by atoms with Crippen LogP contribution in [0.5, 0.6) is 5.75 Å². The van der Waals surface area contributed by atoms with Crippen molar-refractivity contribution in [1.82, 2.24) is 19.7 Å². The first kappa shape index (κ1) is 18.3. The first-order chi connectivity index (χ1) is 14.5. The molecular formula is C23H19FN4O2. The average molecular weight is 402 g/mol. The van der Waals surface area contributed by atoms with E-state index in [1.54, 1.807) is 27.9 Å². The number of rotatable bonds is 4. The van der Waals surface area contributed by atoms with Crippen LogP contribution in [0.2, 0.25) is 0 Å². The van der Waals surface area contributed by atoms with Gasteiger partial charge in [-0.2, -0.15) is 5.10 Å². The molecule has 0 bridgehead atoms. The molecule has 5 rings (SSSR count). The molecule has 3 heterocycles. The van der Waals surface area contributed by atoms with Gasteiger partial charge in [-0.3, -0.25) is 14.5 Å². The van der Waals surface area contributed by atoms with Crippen LogP contribution in [0.4, 0.5) is 4.39 Å². The third-order valence-corrected chi connectivity index (χ3v) is 5.43. The van der Waals surface area contributed by atoms with Crippen molar-refractivity contribution in [1.29, 1.82) is 0 Å². The molecule has 7 heteroatoms. The minimum absolute atomic E-state index is 0.167. The Morgan fingerprint density at radius 1 is 1.17 bits per heavy atom. The standard InChI is InChI=1S/C23H19FN4O2/c1-27-12-19-17(4-3-5-21(19)26-27)14-6-7-15(20(24)8-14)11-28-13-22-18(23(28)29)9-16(30-2)10-25-22/h3-10,12H,11,13H2,1-2H3. The van der Waals surface area contributed by atoms with Gasteiger partial charge < -0.3 is 9.64 Å². The Balaban J connectivity index is 1.43. The van der Waals surface area contributed by atoms with Crippen LogP contribution in [-0.2, 0) is 20.1 Å². The van der Waals surface area contributed by atoms with Crippen molar-refractivity contribution in [2.24, 2.45) is 7.05 Å². The third-order valence-electron chi connectivity index (χ3n) is 5.43. The molecule has 0 saturated heterocycles. The van der Waals surface area contributed by atoms with E-state index in [1.807, 2.05) is 37.5 Å². The van der Waals surface area contributed by atoms with Crippen LogP contribution in [0.1, 0.15) is 21.6 Å². The topological polar surface area (TPSA) is 60.2 Å². The number of carbonyl (C=O) groups excluding carboxylic acids is 1. The molecule has 30 heavy (non-hydrogen) atoms. The molecule has 2 aromatic heterocycles. The lowest BCUT2D eigenvalue weighted by Gasteiger charge is -2.16. The van der Waals surface area contributed by atoms with E-state index in [2.05, 4.69) is 10.1 Å². The van der Waals surface area contributed by atoms with Gasteiger partial charge in [0, 0.05) is 30.7 Å². The van der Waals surface area contributed by atoms with Crippen LogP contribution >= 0.6 is 0 Å². The lowest BCUT2D eigenvalue weighted by Crippen LogP contribution is -2.23. The second-order valence-corrected chi connectivity index (χ2v) is 7.38. The number of aromatic nitrogens is 3. The minimum Gasteiger partial charge on any atom is -0.495 e. The maximum Gasteiger partial charge on any atom is 0.256 e. The van der Waals surface area contributed by atoms with E-state index in [4.69, 9.17) is 4.74 Å². The molecular weight excluding hydrogens is 383 g/mol. The van der Waals surface area contributed by atoms with Crippen molar-refractivity contribution in [3.63, 3.8) is 0 Å². The third kappa shape index (κ3) is 2.99. The molecule has 6 nitrogen and oxygen atoms in total. The SMILES string of the molecule is COc1cnc2c(c1)C(=O)N(Cc1ccc(-c3cccc4nn(C)cc34)cc1F)C2. The molecule has 0 unspecified atom stereocenters. The number of hydrogen-bond acceptors (Lipinski definition) is 4. The van der Waals surface area contributed by atoms with E-state index in [9.17, 15) is 9.18 Å². The Bertz CT molecular complexity index is 1300. The van der Waals surface area contributed by atoms with Gasteiger partial charge in [0.2, 0.25) is 0 Å². The second-order valence-electron chi connectivity index (χ2n) is 7.38. The maximum atomic E-state index is 15.0. The maximum absolute atomic E-state index is 15.0. The van der Waals surface area contributed by atoms with Crippen molar-refractivity contribution < 1.29 is 13.9 Å². The van der Waals surface area contributed by atoms with Crippen LogP contribution in [-0.4, -0.2) is 32.7 Å². The van der Waals surface area contributed by atoms with Crippen molar-refractivity contribution in [2.75, 3.05) is 7.11 Å². The zero-order chi connectivity index (χ0) is 20.8. The Hall–Kier alpha value is -3.74. The van der Waals surface area contributed by atoms with Crippen LogP contribution in [0.25, 0.3) is 22.0 Å². The summed E-state index contributed by atoms with van der Waals surface area (Å²) in [4.78, 5) is 18.6. The average Bonchev–Trinajstić information content (AvgIpc) is 3.28. The molecule has 2 aromatic carbocycles. The predicted octanol–water partition coefficient (Wildman–Crippen LogP) is 3.94. The quantitative estimate of drug-likeness (QED) is 0.519. The van der Waals surface area contributed by atoms with Crippen LogP contribution in [0, 0.1) is 5.82 Å². The van der Waals surface area contributed by atoms with Crippen molar-refractivity contribution >= 4 is 16.8 Å². The van der Waals surface area contributed by atoms with Gasteiger partial charge in [0.15, 0.2) is 0 Å². The fraction of sp³-hybridized carbons (Fsp3) is 0.174. The second kappa shape index (κ2) is 6.95. The van der Waals surface area contributed by atoms with Gasteiger partial charge in [-0.1, -0.05) is 24.3 Å². The van der Waals surface area contributed by atoms with Crippen molar-refractivity contribution in [3.8, 4) is 16.9 Å². The summed E-state index contributed by atoms with van der Waals surface area (Å²) in [5, 5.41) is 5.38. The van der Waals surface area contributed by atoms with Crippen molar-refractivity contribution in [3.05, 3.63) is 77.5 Å². The lowest BCUT2D eigenvalue weighted by atomic mass is 10.00. The number of hydrogen-bond donors (Lipinski definition) is 0. The number of methoxy groups -OCH3 is 1. The number of amides is 1. The molecule has 1 amide bonds. The van der Waals surface area contributed by atoms with E-state index >= 15 is 0 Å². The number of fused-ring (bicyclic) bond motifs is 2. The number of carbonyl (C=O) groups is 1. The molecule has 0 aliphatic carbocycles. The summed E-state index contributed by atoms with van der Waals surface area (Å²) in [5.74, 6) is 0.0201. The fourth-order valence-corrected chi connectivity index (χ4v) is 3.91. The zero-order valence-electron chi connectivity index (χ0n) is 16.6. The highest BCUT2D eigenvalue weighted by Gasteiger charge is 2.29. The minimum atomic E-state index is -0.345. The highest BCUT2D eigenvalue weighted by molar-refractivity contribution is 5.98. The van der Waals surface area contributed by atoms with Gasteiger partial charge in [0.05, 0.1) is 36.6 Å². The van der Waals surface area contributed by atoms with Gasteiger partial charge in [0.1, 0.15) is 11.6 Å². The summed E-state index contributed by atoms with van der Waals surface area (Å²) < 4.78 is 21.9. The van der Waals surface area contributed by atoms with Gasteiger partial charge in [-0.25, -0.2) is 4.39 Å². The molecule has 4 aromatic rings. The monoisotopic (exact) mass is 402 g/mol. The molecule has 0 fully saturated rings. The fourth-order valence-electron chi connectivity index (χ4n) is 3.91. The van der Waals surface area contributed by atoms with Gasteiger partial charge >= 0.3 is 0 Å². The highest BCUT2D eigenvalue weighted by atomic mass is 19.1. The highest BCUT2D eigenvalue weighted by Crippen LogP contribution is 2.31. The summed E-state index contributed by atoms with van der Waals surface area (Å²) in [6.45, 7) is 0.537. The Morgan fingerprint density at radius 3 is 2.83 bits per heavy atom. The van der Waals surface area contributed by atoms with E-state index in [1.165, 1.54) is 13.2 Å². The number of halogens is 1. The number of benzene rings is 2. The number of aryl methyl sites for hydroxylation is 1. The van der Waals surface area contributed by atoms with Gasteiger partial charge in [-0.05, 0) is 29.3 Å². The molecule has 0 N–H and O–H groups in total. The number of pyridine rings is 1. The Labute approximate surface area is 172 Å². The van der Waals surface area contributed by atoms with Crippen LogP contribution in [0.15, 0.2) is 54.9 Å². The lowest BCUT2D eigenvalue weighted by molar-refractivity contribution is 0.0764. The number of ether oxygens (including phenoxy) is 1. The van der Waals surface area contributed by atoms with Crippen LogP contribution < -0.4 is 4.74 Å². The number of nitrogens with zero attached hydrogens (tertiary/aromatic N) is 4. The summed E-state index contributed by atoms with van der Waals surface area (Å²) in [5.41, 5.74) is 4.22. The Morgan fingerprint density at radius 2 is 2.03 bits per heavy atom. The van der Waals surface area contributed by atoms with Crippen molar-refractivity contribution in [2.45, 2.75) is 13.1 Å². The summed E-state index contributed by atoms with van der Waals surface area (Å²) in [7, 11) is 3.40. The molecule has 0 saturated carbocycles. The molecule has 150 valence electrons. The zero-order valence-corrected chi connectivity index (χ0v) is 16.6. The molecule has 1 aliphatic rings. The summed E-state index contributed by atoms with van der Waals surface area (Å²) in [6, 6.07) is 12.6. The smallest absolute Gasteiger partial charge is 0.256 e. The van der Waals surface area contributed by atoms with Gasteiger partial charge in [0.25, 0.3) is 5.91 Å². The van der Waals surface area contributed by atoms with Gasteiger partial charge in [-0.15, -0.1) is 0 Å². The summed E-state index contributed by atoms with van der Waals surface area (Å²) in [6.07, 6.45) is 3.52. The first-order valence-electron chi connectivity index (χ1n) is 9.57. The molecule has 0 spiro atoms. The predicted molar refractivity (Wildman–Crippen MR) is 110 cm³/mol. The van der Waals surface area contributed by atoms with E-state index in [0.29, 0.717) is 29.1 Å². The normalized spacial score (nSPS) is 13.2. The Kier molecular flexibility index (Phi) is 4.24. The first-order valence-corrected chi connectivity index (χ1v) is 9.57. The molecule has 0 radical (unpaired) electrons.